The van der Waals surface area contributed by atoms with Crippen LogP contribution in [0.15, 0.2) is 34.8 Å². The lowest BCUT2D eigenvalue weighted by molar-refractivity contribution is 0.100. The molecule has 0 unspecified atom stereocenters. The molecule has 3 N–H and O–H groups in total. The predicted octanol–water partition coefficient (Wildman–Crippen LogP) is 3.30. The third-order valence-corrected chi connectivity index (χ3v) is 3.17. The molecule has 0 radical (unpaired) electrons. The molecule has 2 aromatic rings. The van der Waals surface area contributed by atoms with Crippen LogP contribution in [0.2, 0.25) is 0 Å². The predicted molar refractivity (Wildman–Crippen MR) is 79.7 cm³/mol. The Kier molecular flexibility index (Phi) is 3.85. The van der Waals surface area contributed by atoms with Crippen LogP contribution in [0.3, 0.4) is 0 Å². The van der Waals surface area contributed by atoms with Crippen molar-refractivity contribution in [3.63, 3.8) is 0 Å². The zero-order chi connectivity index (χ0) is 14.0. The molecule has 0 saturated heterocycles. The van der Waals surface area contributed by atoms with E-state index in [4.69, 9.17) is 5.73 Å². The van der Waals surface area contributed by atoms with Gasteiger partial charge in [-0.3, -0.25) is 4.79 Å². The molecule has 0 aliphatic rings. The lowest BCUT2D eigenvalue weighted by atomic mass is 10.1. The first-order valence-electron chi connectivity index (χ1n) is 5.78. The lowest BCUT2D eigenvalue weighted by Gasteiger charge is -2.12. The summed E-state index contributed by atoms with van der Waals surface area (Å²) < 4.78 is 0.947. The summed E-state index contributed by atoms with van der Waals surface area (Å²) in [6.45, 7) is 3.73. The molecule has 4 nitrogen and oxygen atoms in total. The number of pyridine rings is 1. The van der Waals surface area contributed by atoms with Gasteiger partial charge in [0, 0.05) is 15.9 Å². The van der Waals surface area contributed by atoms with E-state index < -0.39 is 5.91 Å². The highest BCUT2D eigenvalue weighted by Gasteiger charge is 2.14. The van der Waals surface area contributed by atoms with E-state index in [1.807, 2.05) is 44.2 Å². The van der Waals surface area contributed by atoms with E-state index in [9.17, 15) is 4.79 Å². The molecule has 0 aliphatic carbocycles. The van der Waals surface area contributed by atoms with Crippen molar-refractivity contribution >= 4 is 33.3 Å². The minimum absolute atomic E-state index is 0.422. The zero-order valence-electron chi connectivity index (χ0n) is 10.7. The van der Waals surface area contributed by atoms with Crippen molar-refractivity contribution < 1.29 is 4.79 Å². The van der Waals surface area contributed by atoms with Crippen LogP contribution >= 0.6 is 15.9 Å². The minimum Gasteiger partial charge on any atom is -0.365 e. The van der Waals surface area contributed by atoms with Crippen molar-refractivity contribution in [1.82, 2.24) is 4.98 Å². The Bertz CT molecular complexity index is 641. The number of amides is 1. The van der Waals surface area contributed by atoms with Crippen LogP contribution in [0.25, 0.3) is 0 Å². The number of benzene rings is 1. The minimum atomic E-state index is -0.484. The molecule has 98 valence electrons. The summed E-state index contributed by atoms with van der Waals surface area (Å²) in [6.07, 6.45) is 0. The standard InChI is InChI=1S/C14H14BrN3O/c1-8-6-9(2)17-14(12(8)13(16)19)18-11-5-3-4-10(15)7-11/h3-7H,1-2H3,(H2,16,19)(H,17,18). The molecule has 1 aromatic heterocycles. The van der Waals surface area contributed by atoms with Gasteiger partial charge in [0.1, 0.15) is 5.82 Å². The highest BCUT2D eigenvalue weighted by Crippen LogP contribution is 2.24. The molecule has 0 aliphatic heterocycles. The smallest absolute Gasteiger partial charge is 0.252 e. The number of aromatic nitrogens is 1. The molecular formula is C14H14BrN3O. The van der Waals surface area contributed by atoms with Gasteiger partial charge in [0.15, 0.2) is 0 Å². The Morgan fingerprint density at radius 2 is 2.05 bits per heavy atom. The summed E-state index contributed by atoms with van der Waals surface area (Å²) in [7, 11) is 0. The van der Waals surface area contributed by atoms with E-state index in [0.29, 0.717) is 11.4 Å². The Labute approximate surface area is 120 Å². The Morgan fingerprint density at radius 3 is 2.68 bits per heavy atom. The number of hydrogen-bond acceptors (Lipinski definition) is 3. The van der Waals surface area contributed by atoms with E-state index in [-0.39, 0.29) is 0 Å². The number of hydrogen-bond donors (Lipinski definition) is 2. The van der Waals surface area contributed by atoms with E-state index in [2.05, 4.69) is 26.2 Å². The molecule has 0 bridgehead atoms. The van der Waals surface area contributed by atoms with Crippen molar-refractivity contribution in [3.8, 4) is 0 Å². The fourth-order valence-electron chi connectivity index (χ4n) is 1.94. The quantitative estimate of drug-likeness (QED) is 0.912. The summed E-state index contributed by atoms with van der Waals surface area (Å²) >= 11 is 3.40. The number of halogens is 1. The number of aryl methyl sites for hydroxylation is 2. The Morgan fingerprint density at radius 1 is 1.32 bits per heavy atom. The molecule has 5 heteroatoms. The summed E-state index contributed by atoms with van der Waals surface area (Å²) in [5, 5.41) is 3.13. The molecule has 0 saturated carbocycles. The van der Waals surface area contributed by atoms with Gasteiger partial charge < -0.3 is 11.1 Å². The Hall–Kier alpha value is -1.88. The topological polar surface area (TPSA) is 68.0 Å². The molecular weight excluding hydrogens is 306 g/mol. The van der Waals surface area contributed by atoms with Crippen LogP contribution in [0, 0.1) is 13.8 Å². The highest BCUT2D eigenvalue weighted by molar-refractivity contribution is 9.10. The number of primary amides is 1. The fourth-order valence-corrected chi connectivity index (χ4v) is 2.34. The van der Waals surface area contributed by atoms with Gasteiger partial charge >= 0.3 is 0 Å². The van der Waals surface area contributed by atoms with Crippen LogP contribution < -0.4 is 11.1 Å². The van der Waals surface area contributed by atoms with Crippen molar-refractivity contribution in [2.75, 3.05) is 5.32 Å². The zero-order valence-corrected chi connectivity index (χ0v) is 12.3. The maximum atomic E-state index is 11.5. The number of nitrogens with one attached hydrogen (secondary N) is 1. The van der Waals surface area contributed by atoms with Gasteiger partial charge in [0.2, 0.25) is 0 Å². The van der Waals surface area contributed by atoms with Gasteiger partial charge in [-0.1, -0.05) is 22.0 Å². The van der Waals surface area contributed by atoms with Crippen LogP contribution in [0.5, 0.6) is 0 Å². The number of nitrogens with zero attached hydrogens (tertiary/aromatic N) is 1. The van der Waals surface area contributed by atoms with Crippen LogP contribution in [0.1, 0.15) is 21.6 Å². The number of carbonyl (C=O) groups is 1. The summed E-state index contributed by atoms with van der Waals surface area (Å²) in [5.41, 5.74) is 8.34. The normalized spacial score (nSPS) is 10.3. The molecule has 0 atom stereocenters. The third kappa shape index (κ3) is 3.12. The number of nitrogens with two attached hydrogens (primary N) is 1. The molecule has 19 heavy (non-hydrogen) atoms. The van der Waals surface area contributed by atoms with E-state index in [1.165, 1.54) is 0 Å². The largest absolute Gasteiger partial charge is 0.365 e. The SMILES string of the molecule is Cc1cc(C)c(C(N)=O)c(Nc2cccc(Br)c2)n1. The number of rotatable bonds is 3. The second kappa shape index (κ2) is 5.40. The second-order valence-corrected chi connectivity index (χ2v) is 5.22. The van der Waals surface area contributed by atoms with Gasteiger partial charge in [0.05, 0.1) is 5.56 Å². The summed E-state index contributed by atoms with van der Waals surface area (Å²) in [4.78, 5) is 15.9. The average Bonchev–Trinajstić information content (AvgIpc) is 2.26. The maximum absolute atomic E-state index is 11.5. The first-order valence-corrected chi connectivity index (χ1v) is 6.57. The van der Waals surface area contributed by atoms with Crippen LogP contribution in [-0.2, 0) is 0 Å². The van der Waals surface area contributed by atoms with Crippen LogP contribution in [-0.4, -0.2) is 10.9 Å². The summed E-state index contributed by atoms with van der Waals surface area (Å²) in [6, 6.07) is 9.47. The van der Waals surface area contributed by atoms with Crippen molar-refractivity contribution in [3.05, 3.63) is 51.6 Å². The van der Waals surface area contributed by atoms with Crippen LogP contribution in [0.4, 0.5) is 11.5 Å². The maximum Gasteiger partial charge on any atom is 0.252 e. The van der Waals surface area contributed by atoms with Gasteiger partial charge in [-0.05, 0) is 43.7 Å². The van der Waals surface area contributed by atoms with Gasteiger partial charge in [-0.25, -0.2) is 4.98 Å². The van der Waals surface area contributed by atoms with Crippen molar-refractivity contribution in [1.29, 1.82) is 0 Å². The molecule has 1 amide bonds. The third-order valence-electron chi connectivity index (χ3n) is 2.68. The monoisotopic (exact) mass is 319 g/mol. The van der Waals surface area contributed by atoms with Gasteiger partial charge in [0.25, 0.3) is 5.91 Å². The summed E-state index contributed by atoms with van der Waals surface area (Å²) in [5.74, 6) is 0.00518. The molecule has 0 fully saturated rings. The highest BCUT2D eigenvalue weighted by atomic mass is 79.9. The van der Waals surface area contributed by atoms with E-state index in [0.717, 1.165) is 21.4 Å². The first-order chi connectivity index (χ1) is 8.97. The van der Waals surface area contributed by atoms with Crippen molar-refractivity contribution in [2.24, 2.45) is 5.73 Å². The molecule has 2 rings (SSSR count). The average molecular weight is 320 g/mol. The number of carbonyl (C=O) groups excluding carboxylic acids is 1. The molecule has 0 spiro atoms. The number of anilines is 2. The molecule has 1 aromatic carbocycles. The first kappa shape index (κ1) is 13.5. The fraction of sp³-hybridized carbons (Fsp3) is 0.143. The van der Waals surface area contributed by atoms with Crippen molar-refractivity contribution in [2.45, 2.75) is 13.8 Å². The second-order valence-electron chi connectivity index (χ2n) is 4.30. The lowest BCUT2D eigenvalue weighted by Crippen LogP contribution is -2.16. The Balaban J connectivity index is 2.47. The van der Waals surface area contributed by atoms with E-state index >= 15 is 0 Å². The van der Waals surface area contributed by atoms with Gasteiger partial charge in [-0.2, -0.15) is 0 Å². The van der Waals surface area contributed by atoms with E-state index in [1.54, 1.807) is 0 Å². The van der Waals surface area contributed by atoms with Gasteiger partial charge in [-0.15, -0.1) is 0 Å². The molecule has 1 heterocycles.